The smallest absolute Gasteiger partial charge is 0.415 e. The number of thioether (sulfide) groups is 1. The minimum atomic E-state index is -0.633. The van der Waals surface area contributed by atoms with E-state index in [0.717, 1.165) is 0 Å². The summed E-state index contributed by atoms with van der Waals surface area (Å²) in [5.41, 5.74) is -0.233. The molecule has 0 radical (unpaired) electrons. The second-order valence-electron chi connectivity index (χ2n) is 5.97. The lowest BCUT2D eigenvalue weighted by Crippen LogP contribution is -2.35. The Kier molecular flexibility index (Phi) is 5.12. The summed E-state index contributed by atoms with van der Waals surface area (Å²) in [7, 11) is 0. The van der Waals surface area contributed by atoms with E-state index in [9.17, 15) is 14.9 Å². The van der Waals surface area contributed by atoms with Crippen molar-refractivity contribution in [3.05, 3.63) is 46.5 Å². The fraction of sp³-hybridized carbons (Fsp3) is 0.353. The van der Waals surface area contributed by atoms with Gasteiger partial charge in [0.2, 0.25) is 5.78 Å². The Hall–Kier alpha value is -2.26. The monoisotopic (exact) mass is 330 g/mol. The highest BCUT2D eigenvalue weighted by Crippen LogP contribution is 2.33. The molecular formula is C17H18N2O3S. The van der Waals surface area contributed by atoms with E-state index in [0.29, 0.717) is 22.9 Å². The maximum atomic E-state index is 12.5. The summed E-state index contributed by atoms with van der Waals surface area (Å²) in [6, 6.07) is 10.5. The van der Waals surface area contributed by atoms with Crippen molar-refractivity contribution in [1.29, 1.82) is 5.26 Å². The number of carbonyl (C=O) groups excluding carboxylic acids is 2. The highest BCUT2D eigenvalue weighted by atomic mass is 32.2. The third kappa shape index (κ3) is 4.14. The molecule has 1 aromatic rings. The van der Waals surface area contributed by atoms with Crippen LogP contribution in [0.3, 0.4) is 0 Å². The number of carbonyl (C=O) groups is 2. The van der Waals surface area contributed by atoms with Crippen LogP contribution in [0, 0.1) is 11.3 Å². The molecule has 1 aliphatic heterocycles. The molecule has 0 aromatic heterocycles. The summed E-state index contributed by atoms with van der Waals surface area (Å²) in [4.78, 5) is 26.2. The van der Waals surface area contributed by atoms with Gasteiger partial charge in [-0.2, -0.15) is 5.26 Å². The van der Waals surface area contributed by atoms with Crippen LogP contribution in [-0.2, 0) is 4.74 Å². The normalized spacial score (nSPS) is 16.7. The van der Waals surface area contributed by atoms with Gasteiger partial charge in [0.15, 0.2) is 0 Å². The number of nitriles is 1. The maximum Gasteiger partial charge on any atom is 0.415 e. The van der Waals surface area contributed by atoms with E-state index in [1.807, 2.05) is 6.07 Å². The lowest BCUT2D eigenvalue weighted by Gasteiger charge is -2.24. The minimum Gasteiger partial charge on any atom is -0.443 e. The summed E-state index contributed by atoms with van der Waals surface area (Å²) in [5, 5.41) is 9.80. The first-order chi connectivity index (χ1) is 10.8. The van der Waals surface area contributed by atoms with Crippen molar-refractivity contribution >= 4 is 23.6 Å². The first kappa shape index (κ1) is 17.1. The van der Waals surface area contributed by atoms with Crippen LogP contribution < -0.4 is 0 Å². The number of amides is 1. The topological polar surface area (TPSA) is 70.4 Å². The zero-order valence-corrected chi connectivity index (χ0v) is 14.1. The van der Waals surface area contributed by atoms with Crippen molar-refractivity contribution in [1.82, 2.24) is 4.90 Å². The van der Waals surface area contributed by atoms with Crippen LogP contribution in [0.5, 0.6) is 0 Å². The fourth-order valence-electron chi connectivity index (χ4n) is 2.04. The molecular weight excluding hydrogens is 312 g/mol. The molecule has 1 aliphatic rings. The summed E-state index contributed by atoms with van der Waals surface area (Å²) >= 11 is 1.32. The summed E-state index contributed by atoms with van der Waals surface area (Å²) in [6.07, 6.45) is -0.536. The molecule has 1 heterocycles. The predicted molar refractivity (Wildman–Crippen MR) is 88.8 cm³/mol. The quantitative estimate of drug-likeness (QED) is 0.471. The third-order valence-corrected chi connectivity index (χ3v) is 4.09. The van der Waals surface area contributed by atoms with Gasteiger partial charge in [-0.25, -0.2) is 4.79 Å². The summed E-state index contributed by atoms with van der Waals surface area (Å²) in [5.74, 6) is 0.244. The first-order valence-electron chi connectivity index (χ1n) is 7.21. The zero-order valence-electron chi connectivity index (χ0n) is 13.3. The highest BCUT2D eigenvalue weighted by molar-refractivity contribution is 8.03. The number of Topliss-reactive ketones (excluding diaryl/α,β-unsaturated/α-hetero) is 1. The molecule has 23 heavy (non-hydrogen) atoms. The van der Waals surface area contributed by atoms with Gasteiger partial charge < -0.3 is 4.74 Å². The van der Waals surface area contributed by atoms with Crippen molar-refractivity contribution < 1.29 is 14.3 Å². The Morgan fingerprint density at radius 3 is 2.48 bits per heavy atom. The van der Waals surface area contributed by atoms with Crippen molar-refractivity contribution in [2.75, 3.05) is 12.3 Å². The van der Waals surface area contributed by atoms with Crippen molar-refractivity contribution in [2.24, 2.45) is 0 Å². The zero-order chi connectivity index (χ0) is 17.0. The lowest BCUT2D eigenvalue weighted by molar-refractivity contribution is 0.0344. The molecule has 6 heteroatoms. The van der Waals surface area contributed by atoms with Gasteiger partial charge in [-0.1, -0.05) is 30.3 Å². The van der Waals surface area contributed by atoms with E-state index in [2.05, 4.69) is 0 Å². The van der Waals surface area contributed by atoms with E-state index in [4.69, 9.17) is 4.74 Å². The number of hydrogen-bond acceptors (Lipinski definition) is 5. The molecule has 0 bridgehead atoms. The number of nitrogens with zero attached hydrogens (tertiary/aromatic N) is 2. The number of hydrogen-bond donors (Lipinski definition) is 0. The number of ether oxygens (including phenoxy) is 1. The standard InChI is InChI=1S/C17H18N2O3S/c1-17(2,3)22-16(21)19-9-10-23-15(19)13(11-18)14(20)12-7-5-4-6-8-12/h4-8H,9-10H2,1-3H3/b15-13-. The molecule has 1 fully saturated rings. The second kappa shape index (κ2) is 6.88. The van der Waals surface area contributed by atoms with Gasteiger partial charge in [0.25, 0.3) is 0 Å². The molecule has 1 aromatic carbocycles. The van der Waals surface area contributed by atoms with Gasteiger partial charge in [0.05, 0.1) is 0 Å². The van der Waals surface area contributed by atoms with Crippen LogP contribution in [0.25, 0.3) is 0 Å². The number of ketones is 1. The third-order valence-electron chi connectivity index (χ3n) is 3.00. The molecule has 0 atom stereocenters. The molecule has 1 saturated heterocycles. The Morgan fingerprint density at radius 2 is 1.91 bits per heavy atom. The minimum absolute atomic E-state index is 0.0236. The van der Waals surface area contributed by atoms with Crippen LogP contribution in [0.15, 0.2) is 40.9 Å². The van der Waals surface area contributed by atoms with Crippen LogP contribution in [-0.4, -0.2) is 34.7 Å². The van der Waals surface area contributed by atoms with Crippen LogP contribution in [0.1, 0.15) is 31.1 Å². The molecule has 0 N–H and O–H groups in total. The summed E-state index contributed by atoms with van der Waals surface area (Å²) < 4.78 is 5.35. The van der Waals surface area contributed by atoms with Gasteiger partial charge in [0, 0.05) is 17.9 Å². The molecule has 0 saturated carbocycles. The van der Waals surface area contributed by atoms with Gasteiger partial charge >= 0.3 is 6.09 Å². The number of benzene rings is 1. The average Bonchev–Trinajstić information content (AvgIpc) is 2.96. The van der Waals surface area contributed by atoms with E-state index in [1.54, 1.807) is 51.1 Å². The van der Waals surface area contributed by atoms with Crippen molar-refractivity contribution in [2.45, 2.75) is 26.4 Å². The van der Waals surface area contributed by atoms with Gasteiger partial charge in [-0.15, -0.1) is 11.8 Å². The SMILES string of the molecule is CC(C)(C)OC(=O)N1CCS/C1=C(/C#N)C(=O)c1ccccc1. The number of rotatable bonds is 2. The Labute approximate surface area is 139 Å². The number of allylic oxidation sites excluding steroid dienone is 1. The molecule has 0 unspecified atom stereocenters. The van der Waals surface area contributed by atoms with E-state index in [-0.39, 0.29) is 11.4 Å². The molecule has 2 rings (SSSR count). The largest absolute Gasteiger partial charge is 0.443 e. The van der Waals surface area contributed by atoms with Crippen LogP contribution in [0.2, 0.25) is 0 Å². The Morgan fingerprint density at radius 1 is 1.26 bits per heavy atom. The molecule has 0 spiro atoms. The van der Waals surface area contributed by atoms with Crippen LogP contribution >= 0.6 is 11.8 Å². The van der Waals surface area contributed by atoms with Gasteiger partial charge in [-0.05, 0) is 20.8 Å². The predicted octanol–water partition coefficient (Wildman–Crippen LogP) is 3.59. The second-order valence-corrected chi connectivity index (χ2v) is 7.05. The van der Waals surface area contributed by atoms with E-state index >= 15 is 0 Å². The van der Waals surface area contributed by atoms with Crippen LogP contribution in [0.4, 0.5) is 4.79 Å². The average molecular weight is 330 g/mol. The summed E-state index contributed by atoms with van der Waals surface area (Å²) in [6.45, 7) is 5.75. The Balaban J connectivity index is 2.34. The fourth-order valence-corrected chi connectivity index (χ4v) is 3.11. The lowest BCUT2D eigenvalue weighted by atomic mass is 10.1. The van der Waals surface area contributed by atoms with Gasteiger partial charge in [0.1, 0.15) is 22.3 Å². The molecule has 1 amide bonds. The van der Waals surface area contributed by atoms with Gasteiger partial charge in [-0.3, -0.25) is 9.69 Å². The first-order valence-corrected chi connectivity index (χ1v) is 8.19. The molecule has 0 aliphatic carbocycles. The van der Waals surface area contributed by atoms with E-state index in [1.165, 1.54) is 16.7 Å². The Bertz CT molecular complexity index is 684. The maximum absolute atomic E-state index is 12.5. The molecule has 5 nitrogen and oxygen atoms in total. The molecule has 120 valence electrons. The van der Waals surface area contributed by atoms with E-state index < -0.39 is 11.7 Å². The van der Waals surface area contributed by atoms with Crippen molar-refractivity contribution in [3.8, 4) is 6.07 Å². The highest BCUT2D eigenvalue weighted by Gasteiger charge is 2.33. The van der Waals surface area contributed by atoms with Crippen molar-refractivity contribution in [3.63, 3.8) is 0 Å².